The Morgan fingerprint density at radius 3 is 1.97 bits per heavy atom. The molecule has 1 unspecified atom stereocenters. The lowest BCUT2D eigenvalue weighted by molar-refractivity contribution is -0.123. The Labute approximate surface area is 223 Å². The molecule has 1 N–H and O–H groups in total. The molecule has 0 saturated carbocycles. The van der Waals surface area contributed by atoms with Gasteiger partial charge in [-0.2, -0.15) is 0 Å². The number of benzene rings is 3. The quantitative estimate of drug-likeness (QED) is 0.330. The van der Waals surface area contributed by atoms with Crippen molar-refractivity contribution in [3.63, 3.8) is 0 Å². The number of nitrogens with zero attached hydrogens (tertiary/aromatic N) is 1. The van der Waals surface area contributed by atoms with Gasteiger partial charge in [0.1, 0.15) is 11.6 Å². The molecule has 3 rings (SSSR count). The Morgan fingerprint density at radius 2 is 1.39 bits per heavy atom. The molecule has 1 atom stereocenters. The number of anilines is 1. The van der Waals surface area contributed by atoms with Gasteiger partial charge < -0.3 is 29.0 Å². The molecule has 9 heteroatoms. The van der Waals surface area contributed by atoms with Gasteiger partial charge >= 0.3 is 0 Å². The summed E-state index contributed by atoms with van der Waals surface area (Å²) < 4.78 is 41.0. The van der Waals surface area contributed by atoms with Crippen LogP contribution in [0.2, 0.25) is 0 Å². The van der Waals surface area contributed by atoms with Gasteiger partial charge in [0.2, 0.25) is 0 Å². The van der Waals surface area contributed by atoms with Gasteiger partial charge in [-0.15, -0.1) is 0 Å². The molecule has 0 aliphatic rings. The SMILES string of the molecule is COc1ccc(CN(CC(Oc2ccc(F)cc2)C(=O)Nc2ccc(OC)c(OC)c2)C(C)C)cc1OC. The molecular weight excluding hydrogens is 491 g/mol. The standard InChI is InChI=1S/C29H35FN2O6/c1-19(2)32(17-20-7-13-24(34-3)26(15-20)36-5)18-28(38-23-11-8-21(30)9-12-23)29(33)31-22-10-14-25(35-4)27(16-22)37-6/h7-16,19,28H,17-18H2,1-6H3,(H,31,33). The van der Waals surface area contributed by atoms with Crippen LogP contribution in [0.5, 0.6) is 28.7 Å². The Kier molecular flexibility index (Phi) is 10.2. The van der Waals surface area contributed by atoms with E-state index in [9.17, 15) is 9.18 Å². The molecule has 0 bridgehead atoms. The Balaban J connectivity index is 1.86. The monoisotopic (exact) mass is 526 g/mol. The number of hydrogen-bond acceptors (Lipinski definition) is 7. The minimum atomic E-state index is -0.906. The molecule has 0 heterocycles. The van der Waals surface area contributed by atoms with Crippen LogP contribution in [0.3, 0.4) is 0 Å². The molecule has 0 saturated heterocycles. The van der Waals surface area contributed by atoms with Crippen molar-refractivity contribution in [1.82, 2.24) is 4.90 Å². The van der Waals surface area contributed by atoms with Gasteiger partial charge in [-0.05, 0) is 67.9 Å². The average Bonchev–Trinajstić information content (AvgIpc) is 2.92. The summed E-state index contributed by atoms with van der Waals surface area (Å²) in [6.45, 7) is 4.89. The van der Waals surface area contributed by atoms with Gasteiger partial charge in [0.25, 0.3) is 5.91 Å². The second-order valence-corrected chi connectivity index (χ2v) is 8.83. The molecule has 3 aromatic rings. The van der Waals surface area contributed by atoms with E-state index in [0.29, 0.717) is 41.0 Å². The number of nitrogens with one attached hydrogen (secondary N) is 1. The van der Waals surface area contributed by atoms with Crippen LogP contribution in [-0.4, -0.2) is 57.9 Å². The summed E-state index contributed by atoms with van der Waals surface area (Å²) in [7, 11) is 6.25. The number of halogens is 1. The van der Waals surface area contributed by atoms with Crippen molar-refractivity contribution in [2.24, 2.45) is 0 Å². The van der Waals surface area contributed by atoms with E-state index in [2.05, 4.69) is 10.2 Å². The van der Waals surface area contributed by atoms with Crippen LogP contribution < -0.4 is 29.0 Å². The number of hydrogen-bond donors (Lipinski definition) is 1. The van der Waals surface area contributed by atoms with Crippen LogP contribution in [0.1, 0.15) is 19.4 Å². The van der Waals surface area contributed by atoms with Crippen molar-refractivity contribution in [1.29, 1.82) is 0 Å². The molecule has 0 radical (unpaired) electrons. The van der Waals surface area contributed by atoms with E-state index in [1.165, 1.54) is 31.4 Å². The van der Waals surface area contributed by atoms with E-state index in [1.807, 2.05) is 32.0 Å². The van der Waals surface area contributed by atoms with E-state index in [1.54, 1.807) is 39.5 Å². The lowest BCUT2D eigenvalue weighted by atomic mass is 10.1. The molecular formula is C29H35FN2O6. The van der Waals surface area contributed by atoms with Gasteiger partial charge in [-0.25, -0.2) is 4.39 Å². The van der Waals surface area contributed by atoms with Gasteiger partial charge in [0.05, 0.1) is 28.4 Å². The normalized spacial score (nSPS) is 11.7. The summed E-state index contributed by atoms with van der Waals surface area (Å²) in [5, 5.41) is 2.90. The highest BCUT2D eigenvalue weighted by atomic mass is 19.1. The van der Waals surface area contributed by atoms with E-state index in [-0.39, 0.29) is 24.3 Å². The zero-order valence-electron chi connectivity index (χ0n) is 22.6. The summed E-state index contributed by atoms with van der Waals surface area (Å²) in [6.07, 6.45) is -0.906. The zero-order chi connectivity index (χ0) is 27.7. The molecule has 3 aromatic carbocycles. The minimum Gasteiger partial charge on any atom is -0.493 e. The molecule has 0 aromatic heterocycles. The molecule has 8 nitrogen and oxygen atoms in total. The number of carbonyl (C=O) groups excluding carboxylic acids is 1. The van der Waals surface area contributed by atoms with Crippen molar-refractivity contribution in [2.45, 2.75) is 32.5 Å². The van der Waals surface area contributed by atoms with Crippen molar-refractivity contribution in [2.75, 3.05) is 40.3 Å². The van der Waals surface area contributed by atoms with E-state index >= 15 is 0 Å². The second kappa shape index (κ2) is 13.5. The molecule has 1 amide bonds. The van der Waals surface area contributed by atoms with Crippen LogP contribution in [0.25, 0.3) is 0 Å². The summed E-state index contributed by atoms with van der Waals surface area (Å²) in [4.78, 5) is 15.6. The highest BCUT2D eigenvalue weighted by Crippen LogP contribution is 2.30. The molecule has 0 spiro atoms. The first kappa shape index (κ1) is 28.6. The smallest absolute Gasteiger partial charge is 0.266 e. The molecule has 0 aliphatic carbocycles. The largest absolute Gasteiger partial charge is 0.493 e. The predicted octanol–water partition coefficient (Wildman–Crippen LogP) is 5.16. The van der Waals surface area contributed by atoms with Crippen LogP contribution >= 0.6 is 0 Å². The fourth-order valence-corrected chi connectivity index (χ4v) is 3.87. The lowest BCUT2D eigenvalue weighted by Crippen LogP contribution is -2.45. The van der Waals surface area contributed by atoms with Crippen LogP contribution in [-0.2, 0) is 11.3 Å². The first-order chi connectivity index (χ1) is 18.3. The first-order valence-corrected chi connectivity index (χ1v) is 12.2. The summed E-state index contributed by atoms with van der Waals surface area (Å²) in [5.74, 6) is 1.93. The van der Waals surface area contributed by atoms with Crippen molar-refractivity contribution >= 4 is 11.6 Å². The predicted molar refractivity (Wildman–Crippen MR) is 144 cm³/mol. The van der Waals surface area contributed by atoms with Crippen LogP contribution in [0.4, 0.5) is 10.1 Å². The third kappa shape index (κ3) is 7.52. The van der Waals surface area contributed by atoms with E-state index < -0.39 is 6.10 Å². The number of amides is 1. The maximum Gasteiger partial charge on any atom is 0.266 e. The second-order valence-electron chi connectivity index (χ2n) is 8.83. The summed E-state index contributed by atoms with van der Waals surface area (Å²) >= 11 is 0. The highest BCUT2D eigenvalue weighted by molar-refractivity contribution is 5.95. The number of methoxy groups -OCH3 is 4. The third-order valence-corrected chi connectivity index (χ3v) is 6.00. The fourth-order valence-electron chi connectivity index (χ4n) is 3.87. The molecule has 204 valence electrons. The van der Waals surface area contributed by atoms with Crippen LogP contribution in [0.15, 0.2) is 60.7 Å². The van der Waals surface area contributed by atoms with E-state index in [0.717, 1.165) is 5.56 Å². The van der Waals surface area contributed by atoms with Gasteiger partial charge in [0, 0.05) is 30.9 Å². The maximum absolute atomic E-state index is 13.5. The van der Waals surface area contributed by atoms with E-state index in [4.69, 9.17) is 23.7 Å². The van der Waals surface area contributed by atoms with Gasteiger partial charge in [-0.1, -0.05) is 6.07 Å². The zero-order valence-corrected chi connectivity index (χ0v) is 22.6. The summed E-state index contributed by atoms with van der Waals surface area (Å²) in [5.41, 5.74) is 1.51. The highest BCUT2D eigenvalue weighted by Gasteiger charge is 2.26. The number of ether oxygens (including phenoxy) is 5. The number of carbonyl (C=O) groups is 1. The maximum atomic E-state index is 13.5. The minimum absolute atomic E-state index is 0.0799. The Hall–Kier alpha value is -3.98. The molecule has 38 heavy (non-hydrogen) atoms. The van der Waals surface area contributed by atoms with Crippen molar-refractivity contribution in [3.05, 3.63) is 72.0 Å². The Morgan fingerprint density at radius 1 is 0.816 bits per heavy atom. The summed E-state index contributed by atoms with van der Waals surface area (Å²) in [6, 6.07) is 16.5. The van der Waals surface area contributed by atoms with Gasteiger partial charge in [-0.3, -0.25) is 9.69 Å². The first-order valence-electron chi connectivity index (χ1n) is 12.2. The molecule has 0 fully saturated rings. The van der Waals surface area contributed by atoms with Crippen molar-refractivity contribution < 1.29 is 32.9 Å². The van der Waals surface area contributed by atoms with Gasteiger partial charge in [0.15, 0.2) is 29.1 Å². The Bertz CT molecular complexity index is 1200. The van der Waals surface area contributed by atoms with Crippen LogP contribution in [0, 0.1) is 5.82 Å². The average molecular weight is 527 g/mol. The lowest BCUT2D eigenvalue weighted by Gasteiger charge is -2.30. The topological polar surface area (TPSA) is 78.5 Å². The molecule has 0 aliphatic heterocycles. The van der Waals surface area contributed by atoms with Crippen molar-refractivity contribution in [3.8, 4) is 28.7 Å². The fraction of sp³-hybridized carbons (Fsp3) is 0.345. The number of rotatable bonds is 13. The third-order valence-electron chi connectivity index (χ3n) is 6.00.